The number of alkyl halides is 5. The quantitative estimate of drug-likeness (QED) is 0.329. The fourth-order valence-electron chi connectivity index (χ4n) is 0.546. The third-order valence-corrected chi connectivity index (χ3v) is 1.45. The highest BCUT2D eigenvalue weighted by Gasteiger charge is 2.56. The van der Waals surface area contributed by atoms with Gasteiger partial charge in [0.15, 0.2) is 0 Å². The van der Waals surface area contributed by atoms with Crippen LogP contribution in [-0.2, 0) is 9.53 Å². The van der Waals surface area contributed by atoms with Crippen molar-refractivity contribution in [2.45, 2.75) is 18.5 Å². The van der Waals surface area contributed by atoms with Gasteiger partial charge < -0.3 is 4.74 Å². The van der Waals surface area contributed by atoms with E-state index in [0.717, 1.165) is 0 Å². The summed E-state index contributed by atoms with van der Waals surface area (Å²) in [5.74, 6) is -6.25. The molecule has 0 fully saturated rings. The van der Waals surface area contributed by atoms with Gasteiger partial charge in [0, 0.05) is 0 Å². The summed E-state index contributed by atoms with van der Waals surface area (Å²) >= 11 is 0. The third-order valence-electron chi connectivity index (χ3n) is 1.45. The molecule has 0 aromatic heterocycles. The minimum atomic E-state index is -5.69. The van der Waals surface area contributed by atoms with Crippen LogP contribution in [0.1, 0.15) is 6.42 Å². The lowest BCUT2D eigenvalue weighted by Gasteiger charge is -2.18. The standard InChI is InChI=1S/C8H6F5NO2/c1-5(4-14)6(15)16-3-2-7(9,10)8(11,12)13/h1-3H2. The molecule has 0 rings (SSSR count). The van der Waals surface area contributed by atoms with Crippen LogP contribution in [0.3, 0.4) is 0 Å². The van der Waals surface area contributed by atoms with E-state index in [4.69, 9.17) is 5.26 Å². The fraction of sp³-hybridized carbons (Fsp3) is 0.500. The van der Waals surface area contributed by atoms with Crippen molar-refractivity contribution in [1.82, 2.24) is 0 Å². The van der Waals surface area contributed by atoms with Gasteiger partial charge in [0.2, 0.25) is 0 Å². The lowest BCUT2D eigenvalue weighted by Crippen LogP contribution is -2.37. The maximum Gasteiger partial charge on any atom is 0.453 e. The monoisotopic (exact) mass is 243 g/mol. The number of nitrogens with zero attached hydrogens (tertiary/aromatic N) is 1. The molecule has 3 nitrogen and oxygen atoms in total. The van der Waals surface area contributed by atoms with Gasteiger partial charge in [-0.25, -0.2) is 4.79 Å². The second-order valence-electron chi connectivity index (χ2n) is 2.68. The molecular formula is C8H6F5NO2. The van der Waals surface area contributed by atoms with Gasteiger partial charge >= 0.3 is 18.1 Å². The second-order valence-corrected chi connectivity index (χ2v) is 2.68. The molecule has 0 radical (unpaired) electrons. The smallest absolute Gasteiger partial charge is 0.453 e. The normalized spacial score (nSPS) is 11.8. The maximum atomic E-state index is 12.3. The first-order valence-corrected chi connectivity index (χ1v) is 3.82. The molecule has 0 bridgehead atoms. The Labute approximate surface area is 87.1 Å². The van der Waals surface area contributed by atoms with E-state index in [1.807, 2.05) is 0 Å². The Bertz CT molecular complexity index is 328. The van der Waals surface area contributed by atoms with Crippen LogP contribution in [0.25, 0.3) is 0 Å². The molecule has 0 saturated carbocycles. The number of esters is 1. The van der Waals surface area contributed by atoms with Crippen LogP contribution >= 0.6 is 0 Å². The summed E-state index contributed by atoms with van der Waals surface area (Å²) in [6, 6.07) is 1.26. The molecule has 8 heteroatoms. The summed E-state index contributed by atoms with van der Waals surface area (Å²) in [6.07, 6.45) is -7.38. The summed E-state index contributed by atoms with van der Waals surface area (Å²) in [7, 11) is 0. The van der Waals surface area contributed by atoms with Gasteiger partial charge in [0.05, 0.1) is 13.0 Å². The zero-order chi connectivity index (χ0) is 13.0. The highest BCUT2D eigenvalue weighted by molar-refractivity contribution is 5.91. The lowest BCUT2D eigenvalue weighted by molar-refractivity contribution is -0.286. The van der Waals surface area contributed by atoms with Crippen LogP contribution in [0.15, 0.2) is 12.2 Å². The molecule has 0 saturated heterocycles. The van der Waals surface area contributed by atoms with Gasteiger partial charge in [-0.15, -0.1) is 0 Å². The van der Waals surface area contributed by atoms with Gasteiger partial charge in [0.1, 0.15) is 11.6 Å². The summed E-state index contributed by atoms with van der Waals surface area (Å²) < 4.78 is 63.4. The Balaban J connectivity index is 4.16. The molecular weight excluding hydrogens is 237 g/mol. The predicted molar refractivity (Wildman–Crippen MR) is 41.3 cm³/mol. The summed E-state index contributed by atoms with van der Waals surface area (Å²) in [4.78, 5) is 10.6. The minimum absolute atomic E-state index is 0.671. The number of carbonyl (C=O) groups excluding carboxylic acids is 1. The number of halogens is 5. The van der Waals surface area contributed by atoms with E-state index in [1.54, 1.807) is 0 Å². The second kappa shape index (κ2) is 4.92. The summed E-state index contributed by atoms with van der Waals surface area (Å²) in [5, 5.41) is 8.12. The SMILES string of the molecule is C=C(C#N)C(=O)OCCC(F)(F)C(F)(F)F. The fourth-order valence-corrected chi connectivity index (χ4v) is 0.546. The number of hydrogen-bond acceptors (Lipinski definition) is 3. The van der Waals surface area contributed by atoms with Crippen molar-refractivity contribution in [2.75, 3.05) is 6.61 Å². The molecule has 0 amide bonds. The van der Waals surface area contributed by atoms with Crippen molar-refractivity contribution >= 4 is 5.97 Å². The Morgan fingerprint density at radius 1 is 1.31 bits per heavy atom. The van der Waals surface area contributed by atoms with Crippen molar-refractivity contribution in [3.8, 4) is 6.07 Å². The van der Waals surface area contributed by atoms with Gasteiger partial charge in [-0.05, 0) is 0 Å². The molecule has 16 heavy (non-hydrogen) atoms. The minimum Gasteiger partial charge on any atom is -0.461 e. The highest BCUT2D eigenvalue weighted by atomic mass is 19.4. The zero-order valence-electron chi connectivity index (χ0n) is 7.77. The van der Waals surface area contributed by atoms with E-state index >= 15 is 0 Å². The number of nitriles is 1. The van der Waals surface area contributed by atoms with E-state index in [-0.39, 0.29) is 0 Å². The van der Waals surface area contributed by atoms with Crippen LogP contribution in [0.5, 0.6) is 0 Å². The van der Waals surface area contributed by atoms with Crippen molar-refractivity contribution in [1.29, 1.82) is 5.26 Å². The van der Waals surface area contributed by atoms with Crippen LogP contribution in [0.4, 0.5) is 22.0 Å². The van der Waals surface area contributed by atoms with E-state index in [2.05, 4.69) is 11.3 Å². The molecule has 90 valence electrons. The molecule has 0 heterocycles. The topological polar surface area (TPSA) is 50.1 Å². The molecule has 0 unspecified atom stereocenters. The number of carbonyl (C=O) groups is 1. The molecule has 0 aliphatic carbocycles. The van der Waals surface area contributed by atoms with Crippen LogP contribution in [0, 0.1) is 11.3 Å². The molecule has 0 aromatic rings. The van der Waals surface area contributed by atoms with Crippen LogP contribution < -0.4 is 0 Å². The number of ether oxygens (including phenoxy) is 1. The Hall–Kier alpha value is -1.65. The van der Waals surface area contributed by atoms with Crippen molar-refractivity contribution in [2.24, 2.45) is 0 Å². The highest BCUT2D eigenvalue weighted by Crippen LogP contribution is 2.37. The first kappa shape index (κ1) is 14.3. The van der Waals surface area contributed by atoms with E-state index in [0.29, 0.717) is 0 Å². The van der Waals surface area contributed by atoms with Crippen molar-refractivity contribution in [3.63, 3.8) is 0 Å². The number of rotatable bonds is 4. The first-order valence-electron chi connectivity index (χ1n) is 3.82. The zero-order valence-corrected chi connectivity index (χ0v) is 7.77. The van der Waals surface area contributed by atoms with E-state index < -0.39 is 36.7 Å². The molecule has 0 N–H and O–H groups in total. The molecule has 0 spiro atoms. The Kier molecular flexibility index (Phi) is 4.41. The largest absolute Gasteiger partial charge is 0.461 e. The van der Waals surface area contributed by atoms with Crippen LogP contribution in [-0.4, -0.2) is 24.7 Å². The average Bonchev–Trinajstić information content (AvgIpc) is 2.14. The first-order chi connectivity index (χ1) is 7.12. The van der Waals surface area contributed by atoms with Gasteiger partial charge in [-0.3, -0.25) is 0 Å². The maximum absolute atomic E-state index is 12.3. The third kappa shape index (κ3) is 3.84. The Morgan fingerprint density at radius 3 is 2.19 bits per heavy atom. The van der Waals surface area contributed by atoms with Crippen molar-refractivity contribution in [3.05, 3.63) is 12.2 Å². The average molecular weight is 243 g/mol. The molecule has 0 aromatic carbocycles. The predicted octanol–water partition coefficient (Wildman–Crippen LogP) is 2.20. The summed E-state index contributed by atoms with van der Waals surface area (Å²) in [5.41, 5.74) is -0.671. The van der Waals surface area contributed by atoms with Crippen LogP contribution in [0.2, 0.25) is 0 Å². The van der Waals surface area contributed by atoms with Gasteiger partial charge in [0.25, 0.3) is 0 Å². The van der Waals surface area contributed by atoms with E-state index in [9.17, 15) is 26.7 Å². The summed E-state index contributed by atoms with van der Waals surface area (Å²) in [6.45, 7) is 1.74. The Morgan fingerprint density at radius 2 is 1.81 bits per heavy atom. The number of hydrogen-bond donors (Lipinski definition) is 0. The molecule has 0 aliphatic rings. The lowest BCUT2D eigenvalue weighted by atomic mass is 10.2. The van der Waals surface area contributed by atoms with E-state index in [1.165, 1.54) is 6.07 Å². The van der Waals surface area contributed by atoms with Gasteiger partial charge in [-0.1, -0.05) is 6.58 Å². The molecule has 0 atom stereocenters. The van der Waals surface area contributed by atoms with Gasteiger partial charge in [-0.2, -0.15) is 27.2 Å². The van der Waals surface area contributed by atoms with Crippen molar-refractivity contribution < 1.29 is 31.5 Å². The molecule has 0 aliphatic heterocycles.